The van der Waals surface area contributed by atoms with Crippen LogP contribution in [0.1, 0.15) is 21.6 Å². The van der Waals surface area contributed by atoms with Crippen LogP contribution < -0.4 is 5.32 Å². The van der Waals surface area contributed by atoms with Gasteiger partial charge in [-0.25, -0.2) is 0 Å². The lowest BCUT2D eigenvalue weighted by molar-refractivity contribution is 0.102. The highest BCUT2D eigenvalue weighted by Gasteiger charge is 2.11. The van der Waals surface area contributed by atoms with Crippen molar-refractivity contribution in [1.29, 1.82) is 0 Å². The van der Waals surface area contributed by atoms with Gasteiger partial charge in [-0.15, -0.1) is 0 Å². The van der Waals surface area contributed by atoms with E-state index in [9.17, 15) is 4.79 Å². The van der Waals surface area contributed by atoms with Gasteiger partial charge in [-0.2, -0.15) is 0 Å². The Labute approximate surface area is 127 Å². The maximum absolute atomic E-state index is 12.4. The number of halogens is 1. The molecule has 2 aromatic carbocycles. The van der Waals surface area contributed by atoms with Gasteiger partial charge >= 0.3 is 0 Å². The molecule has 0 unspecified atom stereocenters. The van der Waals surface area contributed by atoms with Gasteiger partial charge in [0, 0.05) is 21.6 Å². The lowest BCUT2D eigenvalue weighted by Crippen LogP contribution is -2.13. The maximum atomic E-state index is 12.4. The monoisotopic (exact) mass is 298 g/mol. The first-order valence-electron chi connectivity index (χ1n) is 6.70. The van der Waals surface area contributed by atoms with E-state index in [4.69, 9.17) is 11.6 Å². The number of benzene rings is 2. The molecule has 0 saturated carbocycles. The molecule has 0 spiro atoms. The van der Waals surface area contributed by atoms with Crippen LogP contribution in [-0.2, 0) is 0 Å². The molecule has 3 rings (SSSR count). The summed E-state index contributed by atoms with van der Waals surface area (Å²) < 4.78 is 0. The fourth-order valence-corrected chi connectivity index (χ4v) is 2.48. The maximum Gasteiger partial charge on any atom is 0.272 e. The summed E-state index contributed by atoms with van der Waals surface area (Å²) in [6.07, 6.45) is 0. The number of hydrogen-bond acceptors (Lipinski definition) is 1. The molecule has 1 aromatic heterocycles. The molecule has 0 fully saturated rings. The van der Waals surface area contributed by atoms with E-state index in [-0.39, 0.29) is 5.91 Å². The minimum atomic E-state index is -0.156. The zero-order valence-corrected chi connectivity index (χ0v) is 12.6. The van der Waals surface area contributed by atoms with Crippen molar-refractivity contribution in [1.82, 2.24) is 4.98 Å². The van der Waals surface area contributed by atoms with Crippen LogP contribution in [-0.4, -0.2) is 10.9 Å². The summed E-state index contributed by atoms with van der Waals surface area (Å²) in [5, 5.41) is 4.52. The molecule has 0 atom stereocenters. The quantitative estimate of drug-likeness (QED) is 0.708. The molecule has 0 radical (unpaired) electrons. The number of carbonyl (C=O) groups excluding carboxylic acids is 1. The Hall–Kier alpha value is -2.26. The smallest absolute Gasteiger partial charge is 0.272 e. The minimum absolute atomic E-state index is 0.156. The molecule has 21 heavy (non-hydrogen) atoms. The number of aromatic nitrogens is 1. The average Bonchev–Trinajstić information content (AvgIpc) is 2.87. The Morgan fingerprint density at radius 1 is 1.14 bits per heavy atom. The molecular formula is C17H15ClN2O. The Morgan fingerprint density at radius 3 is 2.76 bits per heavy atom. The van der Waals surface area contributed by atoms with Crippen molar-refractivity contribution in [2.45, 2.75) is 13.8 Å². The molecule has 1 amide bonds. The van der Waals surface area contributed by atoms with Gasteiger partial charge in [-0.05, 0) is 55.3 Å². The highest BCUT2D eigenvalue weighted by molar-refractivity contribution is 6.31. The van der Waals surface area contributed by atoms with Gasteiger partial charge < -0.3 is 10.3 Å². The van der Waals surface area contributed by atoms with Crippen molar-refractivity contribution in [3.63, 3.8) is 0 Å². The van der Waals surface area contributed by atoms with E-state index >= 15 is 0 Å². The van der Waals surface area contributed by atoms with Crippen LogP contribution in [0.15, 0.2) is 42.5 Å². The first-order chi connectivity index (χ1) is 10.0. The number of rotatable bonds is 2. The van der Waals surface area contributed by atoms with Crippen LogP contribution >= 0.6 is 11.6 Å². The van der Waals surface area contributed by atoms with E-state index in [0.29, 0.717) is 10.7 Å². The fourth-order valence-electron chi connectivity index (χ4n) is 2.30. The summed E-state index contributed by atoms with van der Waals surface area (Å²) in [5.74, 6) is -0.156. The molecule has 0 aliphatic rings. The summed E-state index contributed by atoms with van der Waals surface area (Å²) >= 11 is 5.96. The zero-order chi connectivity index (χ0) is 15.0. The molecule has 2 N–H and O–H groups in total. The van der Waals surface area contributed by atoms with E-state index < -0.39 is 0 Å². The zero-order valence-electron chi connectivity index (χ0n) is 11.8. The molecule has 106 valence electrons. The van der Waals surface area contributed by atoms with Crippen molar-refractivity contribution < 1.29 is 4.79 Å². The highest BCUT2D eigenvalue weighted by atomic mass is 35.5. The molecule has 4 heteroatoms. The molecule has 0 bridgehead atoms. The third kappa shape index (κ3) is 2.65. The lowest BCUT2D eigenvalue weighted by atomic mass is 10.1. The van der Waals surface area contributed by atoms with Gasteiger partial charge in [0.1, 0.15) is 5.69 Å². The topological polar surface area (TPSA) is 44.9 Å². The van der Waals surface area contributed by atoms with E-state index in [2.05, 4.69) is 10.3 Å². The van der Waals surface area contributed by atoms with Gasteiger partial charge in [0.05, 0.1) is 0 Å². The molecular weight excluding hydrogens is 284 g/mol. The Balaban J connectivity index is 1.91. The first kappa shape index (κ1) is 13.7. The molecule has 0 aliphatic heterocycles. The average molecular weight is 299 g/mol. The van der Waals surface area contributed by atoms with Gasteiger partial charge in [0.2, 0.25) is 0 Å². The predicted molar refractivity (Wildman–Crippen MR) is 87.2 cm³/mol. The number of hydrogen-bond donors (Lipinski definition) is 2. The predicted octanol–water partition coefficient (Wildman–Crippen LogP) is 4.69. The van der Waals surface area contributed by atoms with Crippen LogP contribution in [0.3, 0.4) is 0 Å². The van der Waals surface area contributed by atoms with Crippen molar-refractivity contribution in [2.24, 2.45) is 0 Å². The van der Waals surface area contributed by atoms with Crippen LogP contribution in [0.25, 0.3) is 10.9 Å². The van der Waals surface area contributed by atoms with Crippen LogP contribution in [0.4, 0.5) is 5.69 Å². The number of fused-ring (bicyclic) bond motifs is 1. The van der Waals surface area contributed by atoms with E-state index in [1.54, 1.807) is 6.07 Å². The summed E-state index contributed by atoms with van der Waals surface area (Å²) in [7, 11) is 0. The summed E-state index contributed by atoms with van der Waals surface area (Å²) in [5.41, 5.74) is 4.47. The van der Waals surface area contributed by atoms with Gasteiger partial charge in [-0.3, -0.25) is 4.79 Å². The Morgan fingerprint density at radius 2 is 1.95 bits per heavy atom. The highest BCUT2D eigenvalue weighted by Crippen LogP contribution is 2.22. The summed E-state index contributed by atoms with van der Waals surface area (Å²) in [6.45, 7) is 4.02. The Bertz CT molecular complexity index is 836. The molecule has 3 nitrogen and oxygen atoms in total. The number of nitrogens with one attached hydrogen (secondary N) is 2. The van der Waals surface area contributed by atoms with Gasteiger partial charge in [-0.1, -0.05) is 23.7 Å². The van der Waals surface area contributed by atoms with Crippen LogP contribution in [0.5, 0.6) is 0 Å². The second kappa shape index (κ2) is 5.26. The second-order valence-corrected chi connectivity index (χ2v) is 5.55. The minimum Gasteiger partial charge on any atom is -0.351 e. The van der Waals surface area contributed by atoms with Gasteiger partial charge in [0.25, 0.3) is 5.91 Å². The van der Waals surface area contributed by atoms with E-state index in [0.717, 1.165) is 27.7 Å². The number of aromatic amines is 1. The standard InChI is InChI=1S/C17H15ClN2O/c1-10-4-3-5-14(11(10)2)20-17(21)16-9-12-8-13(18)6-7-15(12)19-16/h3-9,19H,1-2H3,(H,20,21). The number of aryl methyl sites for hydroxylation is 1. The number of carbonyl (C=O) groups is 1. The fraction of sp³-hybridized carbons (Fsp3) is 0.118. The molecule has 0 aliphatic carbocycles. The lowest BCUT2D eigenvalue weighted by Gasteiger charge is -2.09. The van der Waals surface area contributed by atoms with E-state index in [1.165, 1.54) is 0 Å². The number of amides is 1. The normalized spacial score (nSPS) is 10.8. The first-order valence-corrected chi connectivity index (χ1v) is 7.08. The third-order valence-corrected chi connectivity index (χ3v) is 3.92. The molecule has 0 saturated heterocycles. The van der Waals surface area contributed by atoms with Crippen molar-refractivity contribution in [3.8, 4) is 0 Å². The Kier molecular flexibility index (Phi) is 3.43. The van der Waals surface area contributed by atoms with Crippen molar-refractivity contribution in [2.75, 3.05) is 5.32 Å². The van der Waals surface area contributed by atoms with E-state index in [1.807, 2.05) is 50.2 Å². The summed E-state index contributed by atoms with van der Waals surface area (Å²) in [6, 6.07) is 13.2. The number of anilines is 1. The largest absolute Gasteiger partial charge is 0.351 e. The van der Waals surface area contributed by atoms with Crippen LogP contribution in [0.2, 0.25) is 5.02 Å². The van der Waals surface area contributed by atoms with Crippen molar-refractivity contribution >= 4 is 34.1 Å². The van der Waals surface area contributed by atoms with Crippen molar-refractivity contribution in [3.05, 3.63) is 64.3 Å². The van der Waals surface area contributed by atoms with Crippen LogP contribution in [0, 0.1) is 13.8 Å². The number of H-pyrrole nitrogens is 1. The molecule has 3 aromatic rings. The van der Waals surface area contributed by atoms with Gasteiger partial charge in [0.15, 0.2) is 0 Å². The molecule has 1 heterocycles. The summed E-state index contributed by atoms with van der Waals surface area (Å²) in [4.78, 5) is 15.5. The SMILES string of the molecule is Cc1cccc(NC(=O)c2cc3cc(Cl)ccc3[nH]2)c1C. The third-order valence-electron chi connectivity index (χ3n) is 3.68. The second-order valence-electron chi connectivity index (χ2n) is 5.12.